The van der Waals surface area contributed by atoms with E-state index in [2.05, 4.69) is 359 Å². The van der Waals surface area contributed by atoms with Crippen LogP contribution in [0.5, 0.6) is 34.8 Å². The van der Waals surface area contributed by atoms with Gasteiger partial charge in [-0.05, 0) is 127 Å². The van der Waals surface area contributed by atoms with Crippen molar-refractivity contribution in [2.24, 2.45) is 0 Å². The van der Waals surface area contributed by atoms with Gasteiger partial charge in [0.2, 0.25) is 11.8 Å². The van der Waals surface area contributed by atoms with Gasteiger partial charge in [-0.2, -0.15) is 119 Å². The summed E-state index contributed by atoms with van der Waals surface area (Å²) in [6, 6.07) is 144. The van der Waals surface area contributed by atoms with Crippen LogP contribution >= 0.6 is 0 Å². The van der Waals surface area contributed by atoms with Crippen LogP contribution in [-0.4, -0.2) is 45.1 Å². The van der Waals surface area contributed by atoms with Gasteiger partial charge in [-0.3, -0.25) is 0 Å². The van der Waals surface area contributed by atoms with Crippen molar-refractivity contribution in [3.05, 3.63) is 405 Å². The third-order valence-electron chi connectivity index (χ3n) is 25.5. The van der Waals surface area contributed by atoms with Crippen LogP contribution < -0.4 is 78.5 Å². The van der Waals surface area contributed by atoms with Crippen LogP contribution in [0.2, 0.25) is 0 Å². The van der Waals surface area contributed by atoms with Crippen molar-refractivity contribution in [2.75, 3.05) is 14.7 Å². The summed E-state index contributed by atoms with van der Waals surface area (Å²) in [5.74, 6) is 4.78. The van der Waals surface area contributed by atoms with E-state index < -0.39 is 0 Å². The Morgan fingerprint density at radius 3 is 1.02 bits per heavy atom. The molecule has 0 radical (unpaired) electrons. The minimum Gasteiger partial charge on any atom is -0.503 e. The Balaban J connectivity index is 0.000000130. The van der Waals surface area contributed by atoms with Crippen molar-refractivity contribution >= 4 is 121 Å². The zero-order valence-electron chi connectivity index (χ0n) is 77.1. The van der Waals surface area contributed by atoms with Crippen LogP contribution in [0.1, 0.15) is 106 Å². The van der Waals surface area contributed by atoms with E-state index in [9.17, 15) is 0 Å². The largest absolute Gasteiger partial charge is 3.00 e. The first-order valence-electron chi connectivity index (χ1n) is 45.5. The molecule has 0 unspecified atom stereocenters. The third-order valence-corrected chi connectivity index (χ3v) is 25.5. The molecular formula is C119H90Au3B3N8O3. The second-order valence-corrected chi connectivity index (χ2v) is 38.6. The molecule has 0 bridgehead atoms. The van der Waals surface area contributed by atoms with Crippen LogP contribution in [0.4, 0.5) is 51.2 Å². The number of hydrogen-bond acceptors (Lipinski definition) is 11. The molecule has 11 nitrogen and oxygen atoms in total. The van der Waals surface area contributed by atoms with Gasteiger partial charge in [-0.1, -0.05) is 168 Å². The summed E-state index contributed by atoms with van der Waals surface area (Å²) in [6.07, 6.45) is 0. The summed E-state index contributed by atoms with van der Waals surface area (Å²) in [5, 5.41) is 0. The van der Waals surface area contributed by atoms with E-state index in [0.29, 0.717) is 23.3 Å². The van der Waals surface area contributed by atoms with Gasteiger partial charge in [-0.25, -0.2) is 33.4 Å². The van der Waals surface area contributed by atoms with Gasteiger partial charge >= 0.3 is 67.1 Å². The molecule has 24 rings (SSSR count). The van der Waals surface area contributed by atoms with E-state index in [0.717, 1.165) is 185 Å². The van der Waals surface area contributed by atoms with Gasteiger partial charge in [0.05, 0.1) is 16.8 Å². The number of ether oxygens (including phenoxy) is 3. The average Bonchev–Trinajstić information content (AvgIpc) is 0.708. The summed E-state index contributed by atoms with van der Waals surface area (Å²) in [4.78, 5) is 33.5. The van der Waals surface area contributed by atoms with Gasteiger partial charge in [0.25, 0.3) is 20.1 Å². The standard InChI is InChI=1S/C45H33BN3.C39H28BN2O.C35H29BN3O2.3Au/c1-45(2,3)36-30-38(32-19-10-5-11-20-32)47-44-43(36)49(35-23-14-7-15-24-35)41-26-16-25-40-42(41)46(44)37-29-33(31-17-8-4-9-18-31)27-28-39(37)48(40)34-21-12-6-13-22-34;1-39(2,3)30-25-32(27-16-9-5-10-17-27)41-38-37(30)42(29-18-11-6-12-19-29)33-20-13-21-35-36(33)40(38)31-24-28(22-23-34(31)43-35)26-14-7-4-8-15-26;1-34(2,3)24-20-26(22-15-11-8-12-16-22)37-30-29(24)41-32-28-31(38-33(39-32)35(4,5)6)40-27-18-17-23(19-25(27)36(28)30)21-13-9-7-10-14-21;;;/h4-17,19,21-28,30H,1-3H3;4-14,16,18-23,25H,1-3H3;7-13,15,17-18,20H,1-6H3;;;/q3*-3;3*+3. The maximum absolute atomic E-state index is 6.71. The Kier molecular flexibility index (Phi) is 24.9. The van der Waals surface area contributed by atoms with Crippen molar-refractivity contribution in [1.82, 2.24) is 24.9 Å². The molecule has 0 fully saturated rings. The molecule has 17 heteroatoms. The number of rotatable bonds is 9. The SMILES string of the molecule is CC(C)(C)c1cc(-c2[c-]cccc2)nc2c1N(c1ccccc1)c1cccc3c1B2c1[c-]c(-c2[c-]cccc2)ccc1N3c1ccccc1.CC(C)(C)c1cc(-c2[c-]cccc2)nc2c1N(c1ccccc1)c1cccc3c1B2c1[c-]c(-c2[c-]cccc2)ccc1O3.CC(C)(C)c1nc2c3c(n1)Oc1c(C(C)(C)C)cc(-c4[c-]cccc4)nc1B3c1[c-]c(-c3[c-]cccc3)ccc1O2.[Au+3].[Au+3].[Au+3]. The number of benzene rings is 14. The van der Waals surface area contributed by atoms with Gasteiger partial charge in [0, 0.05) is 67.8 Å². The minimum atomic E-state index is -0.324. The smallest absolute Gasteiger partial charge is 0.503 e. The average molecular weight is 2300 g/mol. The van der Waals surface area contributed by atoms with Crippen molar-refractivity contribution < 1.29 is 81.4 Å². The number of para-hydroxylation sites is 3. The Hall–Kier alpha value is -13.2. The molecule has 6 aliphatic heterocycles. The summed E-state index contributed by atoms with van der Waals surface area (Å²) in [5.41, 5.74) is 33.1. The Morgan fingerprint density at radius 1 is 0.257 bits per heavy atom. The fourth-order valence-electron chi connectivity index (χ4n) is 19.3. The molecule has 0 amide bonds. The van der Waals surface area contributed by atoms with E-state index in [1.807, 2.05) is 121 Å². The molecule has 0 spiro atoms. The molecule has 666 valence electrons. The molecule has 4 aromatic heterocycles. The zero-order chi connectivity index (χ0) is 90.8. The second-order valence-electron chi connectivity index (χ2n) is 38.6. The summed E-state index contributed by atoms with van der Waals surface area (Å²) in [6.45, 7) is 26.0. The summed E-state index contributed by atoms with van der Waals surface area (Å²) in [7, 11) is 0. The molecule has 136 heavy (non-hydrogen) atoms. The Labute approximate surface area is 845 Å². The maximum Gasteiger partial charge on any atom is 3.00 e. The van der Waals surface area contributed by atoms with Crippen LogP contribution in [0.25, 0.3) is 67.2 Å². The van der Waals surface area contributed by atoms with E-state index in [-0.39, 0.29) is 109 Å². The van der Waals surface area contributed by atoms with E-state index in [1.165, 1.54) is 16.6 Å². The Bertz CT molecular complexity index is 7540. The van der Waals surface area contributed by atoms with Crippen molar-refractivity contribution in [3.63, 3.8) is 0 Å². The quantitative estimate of drug-likeness (QED) is 0.102. The predicted molar refractivity (Wildman–Crippen MR) is 543 cm³/mol. The van der Waals surface area contributed by atoms with Crippen molar-refractivity contribution in [1.29, 1.82) is 0 Å². The van der Waals surface area contributed by atoms with E-state index >= 15 is 0 Å². The molecular weight excluding hydrogens is 2210 g/mol. The first-order chi connectivity index (χ1) is 64.5. The Morgan fingerprint density at radius 2 is 0.603 bits per heavy atom. The van der Waals surface area contributed by atoms with Crippen molar-refractivity contribution in [2.45, 2.75) is 105 Å². The third kappa shape index (κ3) is 16.8. The van der Waals surface area contributed by atoms with Gasteiger partial charge in [0.1, 0.15) is 17.3 Å². The van der Waals surface area contributed by atoms with Gasteiger partial charge < -0.3 is 43.9 Å². The molecule has 0 saturated heterocycles. The number of anilines is 9. The normalized spacial score (nSPS) is 12.9. The molecule has 6 aliphatic rings. The fraction of sp³-hybridized carbons (Fsp3) is 0.134. The van der Waals surface area contributed by atoms with Crippen LogP contribution in [0.15, 0.2) is 328 Å². The molecule has 0 aliphatic carbocycles. The second kappa shape index (κ2) is 36.8. The molecule has 14 aromatic carbocycles. The van der Waals surface area contributed by atoms with Gasteiger partial charge in [0.15, 0.2) is 0 Å². The predicted octanol–water partition coefficient (Wildman–Crippen LogP) is 22.6. The number of aromatic nitrogens is 5. The van der Waals surface area contributed by atoms with Crippen LogP contribution in [-0.2, 0) is 88.8 Å². The molecule has 18 aromatic rings. The topological polar surface area (TPSA) is 102 Å². The number of fused-ring (bicyclic) bond motifs is 12. The molecule has 0 atom stereocenters. The summed E-state index contributed by atoms with van der Waals surface area (Å²) >= 11 is 0. The first kappa shape index (κ1) is 91.9. The first-order valence-corrected chi connectivity index (χ1v) is 45.5. The number of nitrogens with zero attached hydrogens (tertiary/aromatic N) is 8. The van der Waals surface area contributed by atoms with Crippen molar-refractivity contribution in [3.8, 4) is 102 Å². The number of pyridine rings is 3. The summed E-state index contributed by atoms with van der Waals surface area (Å²) < 4.78 is 19.8. The molecule has 10 heterocycles. The van der Waals surface area contributed by atoms with E-state index in [4.69, 9.17) is 39.1 Å². The zero-order valence-corrected chi connectivity index (χ0v) is 83.6. The van der Waals surface area contributed by atoms with Gasteiger partial charge in [-0.15, -0.1) is 160 Å². The molecule has 0 saturated carbocycles. The maximum atomic E-state index is 6.71. The fourth-order valence-corrected chi connectivity index (χ4v) is 19.3. The van der Waals surface area contributed by atoms with E-state index in [1.54, 1.807) is 0 Å². The van der Waals surface area contributed by atoms with Crippen LogP contribution in [0, 0.1) is 54.6 Å². The number of hydrogen-bond donors (Lipinski definition) is 0. The minimum absolute atomic E-state index is 0. The molecule has 0 N–H and O–H groups in total. The van der Waals surface area contributed by atoms with Crippen LogP contribution in [0.3, 0.4) is 0 Å². The monoisotopic (exact) mass is 2300 g/mol.